The van der Waals surface area contributed by atoms with Gasteiger partial charge in [-0.25, -0.2) is 0 Å². The lowest BCUT2D eigenvalue weighted by Gasteiger charge is -2.35. The monoisotopic (exact) mass is 294 g/mol. The van der Waals surface area contributed by atoms with Crippen molar-refractivity contribution >= 4 is 8.80 Å². The molecule has 0 aromatic rings. The summed E-state index contributed by atoms with van der Waals surface area (Å²) < 4.78 is 28.5. The van der Waals surface area contributed by atoms with Crippen LogP contribution in [0.5, 0.6) is 0 Å². The van der Waals surface area contributed by atoms with Crippen molar-refractivity contribution in [3.63, 3.8) is 0 Å². The third-order valence-corrected chi connectivity index (χ3v) is 6.08. The van der Waals surface area contributed by atoms with E-state index in [1.54, 1.807) is 0 Å². The molecule has 1 N–H and O–H groups in total. The normalized spacial score (nSPS) is 29.2. The van der Waals surface area contributed by atoms with Crippen molar-refractivity contribution < 1.29 is 27.9 Å². The summed E-state index contributed by atoms with van der Waals surface area (Å²) in [5, 5.41) is 8.69. The Labute approximate surface area is 116 Å². The van der Waals surface area contributed by atoms with Gasteiger partial charge in [-0.15, -0.1) is 0 Å². The highest BCUT2D eigenvalue weighted by atomic mass is 28.4. The number of aliphatic hydroxyl groups excluding tert-OH is 1. The fourth-order valence-electron chi connectivity index (χ4n) is 1.86. The van der Waals surface area contributed by atoms with Crippen molar-refractivity contribution in [1.82, 2.24) is 0 Å². The van der Waals surface area contributed by atoms with Crippen LogP contribution in [-0.2, 0) is 22.8 Å². The van der Waals surface area contributed by atoms with Crippen LogP contribution in [0.3, 0.4) is 0 Å². The Bertz CT molecular complexity index is 240. The van der Waals surface area contributed by atoms with Gasteiger partial charge < -0.3 is 27.9 Å². The smallest absolute Gasteiger partial charge is 0.394 e. The van der Waals surface area contributed by atoms with Crippen molar-refractivity contribution in [3.05, 3.63) is 0 Å². The molecular weight excluding hydrogens is 268 g/mol. The first-order valence-electron chi connectivity index (χ1n) is 6.86. The van der Waals surface area contributed by atoms with Gasteiger partial charge in [-0.05, 0) is 6.92 Å². The van der Waals surface area contributed by atoms with Crippen LogP contribution in [0.15, 0.2) is 0 Å². The maximum Gasteiger partial charge on any atom is 0.503 e. The number of ether oxygens (including phenoxy) is 2. The number of rotatable bonds is 7. The highest BCUT2D eigenvalue weighted by molar-refractivity contribution is 6.62. The van der Waals surface area contributed by atoms with Crippen molar-refractivity contribution in [2.75, 3.05) is 46.2 Å². The molecule has 7 heteroatoms. The van der Waals surface area contributed by atoms with Crippen molar-refractivity contribution in [1.29, 1.82) is 0 Å². The molecule has 1 aliphatic heterocycles. The minimum atomic E-state index is -2.62. The van der Waals surface area contributed by atoms with Crippen molar-refractivity contribution in [2.45, 2.75) is 32.4 Å². The van der Waals surface area contributed by atoms with Gasteiger partial charge in [0.15, 0.2) is 0 Å². The topological polar surface area (TPSA) is 66.4 Å². The van der Waals surface area contributed by atoms with E-state index in [9.17, 15) is 0 Å². The highest BCUT2D eigenvalue weighted by Gasteiger charge is 2.46. The van der Waals surface area contributed by atoms with E-state index in [4.69, 9.17) is 27.9 Å². The third kappa shape index (κ3) is 5.47. The second kappa shape index (κ2) is 9.01. The first kappa shape index (κ1) is 17.0. The summed E-state index contributed by atoms with van der Waals surface area (Å²) in [6, 6.07) is 0. The fourth-order valence-corrected chi connectivity index (χ4v) is 4.30. The molecule has 19 heavy (non-hydrogen) atoms. The Balaban J connectivity index is 2.53. The third-order valence-electron chi connectivity index (χ3n) is 2.80. The summed E-state index contributed by atoms with van der Waals surface area (Å²) in [4.78, 5) is 0. The van der Waals surface area contributed by atoms with Crippen LogP contribution >= 0.6 is 0 Å². The van der Waals surface area contributed by atoms with Gasteiger partial charge in [-0.3, -0.25) is 0 Å². The number of hydrogen-bond acceptors (Lipinski definition) is 6. The van der Waals surface area contributed by atoms with Crippen LogP contribution in [0.4, 0.5) is 0 Å². The zero-order chi connectivity index (χ0) is 14.1. The molecular formula is C12H26O6Si. The molecule has 114 valence electrons. The van der Waals surface area contributed by atoms with E-state index >= 15 is 0 Å². The summed E-state index contributed by atoms with van der Waals surface area (Å²) in [5.41, 5.74) is 0.213. The van der Waals surface area contributed by atoms with Crippen LogP contribution in [-0.4, -0.2) is 66.3 Å². The predicted octanol–water partition coefficient (Wildman–Crippen LogP) is 0.813. The van der Waals surface area contributed by atoms with Gasteiger partial charge in [-0.1, -0.05) is 13.8 Å². The van der Waals surface area contributed by atoms with Crippen LogP contribution in [0.25, 0.3) is 0 Å². The van der Waals surface area contributed by atoms with Gasteiger partial charge in [0.2, 0.25) is 0 Å². The molecule has 0 bridgehead atoms. The SMILES string of the molecule is CCO[Si]1(C(C)C)OCCOC(COCCO)CO1. The zero-order valence-corrected chi connectivity index (χ0v) is 13.1. The predicted molar refractivity (Wildman–Crippen MR) is 72.0 cm³/mol. The Kier molecular flexibility index (Phi) is 8.08. The maximum atomic E-state index is 8.69. The molecule has 1 aliphatic rings. The van der Waals surface area contributed by atoms with Gasteiger partial charge in [0.25, 0.3) is 0 Å². The molecule has 0 aromatic carbocycles. The van der Waals surface area contributed by atoms with E-state index in [1.807, 2.05) is 6.92 Å². The second-order valence-corrected chi connectivity index (χ2v) is 7.87. The Hall–Kier alpha value is -0.0231. The molecule has 2 atom stereocenters. The first-order chi connectivity index (χ1) is 9.14. The van der Waals surface area contributed by atoms with Crippen LogP contribution < -0.4 is 0 Å². The lowest BCUT2D eigenvalue weighted by molar-refractivity contribution is -0.0884. The summed E-state index contributed by atoms with van der Waals surface area (Å²) in [6.45, 7) is 8.76. The summed E-state index contributed by atoms with van der Waals surface area (Å²) in [6.07, 6.45) is -0.137. The van der Waals surface area contributed by atoms with Gasteiger partial charge in [0, 0.05) is 12.1 Å². The molecule has 1 saturated heterocycles. The quantitative estimate of drug-likeness (QED) is 0.554. The average Bonchev–Trinajstić information content (AvgIpc) is 2.36. The summed E-state index contributed by atoms with van der Waals surface area (Å²) in [5.74, 6) is 0. The Morgan fingerprint density at radius 3 is 2.74 bits per heavy atom. The minimum Gasteiger partial charge on any atom is -0.394 e. The molecule has 0 radical (unpaired) electrons. The van der Waals surface area contributed by atoms with Gasteiger partial charge >= 0.3 is 8.80 Å². The Morgan fingerprint density at radius 2 is 2.11 bits per heavy atom. The molecule has 0 aromatic heterocycles. The molecule has 0 saturated carbocycles. The Morgan fingerprint density at radius 1 is 1.32 bits per heavy atom. The van der Waals surface area contributed by atoms with E-state index in [2.05, 4.69) is 13.8 Å². The maximum absolute atomic E-state index is 8.69. The minimum absolute atomic E-state index is 0.0142. The van der Waals surface area contributed by atoms with E-state index in [0.717, 1.165) is 0 Å². The van der Waals surface area contributed by atoms with E-state index < -0.39 is 8.80 Å². The van der Waals surface area contributed by atoms with Crippen molar-refractivity contribution in [2.24, 2.45) is 0 Å². The zero-order valence-electron chi connectivity index (χ0n) is 12.1. The lowest BCUT2D eigenvalue weighted by atomic mass is 10.4. The molecule has 2 unspecified atom stereocenters. The van der Waals surface area contributed by atoms with Crippen molar-refractivity contribution in [3.8, 4) is 0 Å². The van der Waals surface area contributed by atoms with E-state index in [1.165, 1.54) is 0 Å². The van der Waals surface area contributed by atoms with Gasteiger partial charge in [0.1, 0.15) is 6.10 Å². The standard InChI is InChI=1S/C12H26O6Si/c1-4-16-19(11(2)3)17-8-7-15-12(10-18-19)9-14-6-5-13/h11-13H,4-10H2,1-3H3. The first-order valence-corrected chi connectivity index (χ1v) is 8.67. The van der Waals surface area contributed by atoms with Gasteiger partial charge in [0.05, 0.1) is 39.6 Å². The average molecular weight is 294 g/mol. The molecule has 1 fully saturated rings. The van der Waals surface area contributed by atoms with Crippen LogP contribution in [0.1, 0.15) is 20.8 Å². The van der Waals surface area contributed by atoms with Crippen LogP contribution in [0, 0.1) is 0 Å². The van der Waals surface area contributed by atoms with Gasteiger partial charge in [-0.2, -0.15) is 0 Å². The summed E-state index contributed by atoms with van der Waals surface area (Å²) >= 11 is 0. The van der Waals surface area contributed by atoms with E-state index in [0.29, 0.717) is 39.6 Å². The van der Waals surface area contributed by atoms with E-state index in [-0.39, 0.29) is 18.3 Å². The molecule has 1 heterocycles. The lowest BCUT2D eigenvalue weighted by Crippen LogP contribution is -2.52. The molecule has 0 amide bonds. The molecule has 0 aliphatic carbocycles. The fraction of sp³-hybridized carbons (Fsp3) is 1.00. The largest absolute Gasteiger partial charge is 0.503 e. The molecule has 1 rings (SSSR count). The molecule has 0 spiro atoms. The second-order valence-electron chi connectivity index (χ2n) is 4.64. The summed E-state index contributed by atoms with van der Waals surface area (Å²) in [7, 11) is -2.62. The highest BCUT2D eigenvalue weighted by Crippen LogP contribution is 2.26. The number of aliphatic hydroxyl groups is 1. The molecule has 6 nitrogen and oxygen atoms in total. The number of hydrogen-bond donors (Lipinski definition) is 1. The van der Waals surface area contributed by atoms with Crippen LogP contribution in [0.2, 0.25) is 5.54 Å².